The molecule has 2 rings (SSSR count). The Bertz CT molecular complexity index is 543. The van der Waals surface area contributed by atoms with E-state index in [1.54, 1.807) is 0 Å². The van der Waals surface area contributed by atoms with Crippen molar-refractivity contribution in [1.29, 1.82) is 0 Å². The summed E-state index contributed by atoms with van der Waals surface area (Å²) in [4.78, 5) is 27.1. The number of rotatable bonds is 5. The van der Waals surface area contributed by atoms with Gasteiger partial charge in [-0.15, -0.1) is 0 Å². The summed E-state index contributed by atoms with van der Waals surface area (Å²) in [6, 6.07) is 3.80. The molecule has 0 aliphatic heterocycles. The molecule has 108 valence electrons. The molecule has 0 spiro atoms. The van der Waals surface area contributed by atoms with E-state index in [2.05, 4.69) is 15.6 Å². The smallest absolute Gasteiger partial charge is 0.359 e. The van der Waals surface area contributed by atoms with Crippen LogP contribution in [0, 0.1) is 5.82 Å². The van der Waals surface area contributed by atoms with Gasteiger partial charge < -0.3 is 15.3 Å². The number of carbonyl (C=O) groups is 2. The predicted octanol–water partition coefficient (Wildman–Crippen LogP) is 1.54. The molecule has 1 aliphatic carbocycles. The molecular weight excluding hydrogens is 267 g/mol. The molecule has 1 aromatic rings. The molecule has 0 unspecified atom stereocenters. The van der Waals surface area contributed by atoms with Crippen LogP contribution in [0.3, 0.4) is 0 Å². The van der Waals surface area contributed by atoms with E-state index in [4.69, 9.17) is 0 Å². The fourth-order valence-electron chi connectivity index (χ4n) is 2.11. The maximum atomic E-state index is 13.8. The summed E-state index contributed by atoms with van der Waals surface area (Å²) in [5.74, 6) is -2.56. The molecule has 1 saturated carbocycles. The Morgan fingerprint density at radius 3 is 2.55 bits per heavy atom. The summed E-state index contributed by atoms with van der Waals surface area (Å²) in [7, 11) is 1.39. The van der Waals surface area contributed by atoms with Crippen molar-refractivity contribution in [3.05, 3.63) is 29.6 Å². The lowest BCUT2D eigenvalue weighted by atomic mass is 9.76. The molecule has 1 aromatic carbocycles. The van der Waals surface area contributed by atoms with Crippen molar-refractivity contribution in [3.8, 4) is 0 Å². The van der Waals surface area contributed by atoms with Crippen molar-refractivity contribution < 1.29 is 23.9 Å². The molecule has 0 saturated heterocycles. The first-order valence-corrected chi connectivity index (χ1v) is 6.17. The lowest BCUT2D eigenvalue weighted by Crippen LogP contribution is -2.52. The number of hydroxylamine groups is 1. The van der Waals surface area contributed by atoms with Gasteiger partial charge in [0.15, 0.2) is 0 Å². The van der Waals surface area contributed by atoms with Gasteiger partial charge in [-0.1, -0.05) is 0 Å². The minimum atomic E-state index is -1.03. The van der Waals surface area contributed by atoms with Crippen LogP contribution in [-0.4, -0.2) is 29.6 Å². The molecule has 0 amide bonds. The van der Waals surface area contributed by atoms with E-state index in [0.29, 0.717) is 18.5 Å². The van der Waals surface area contributed by atoms with Crippen LogP contribution in [0.2, 0.25) is 0 Å². The Hall–Kier alpha value is -2.15. The lowest BCUT2D eigenvalue weighted by Gasteiger charge is -2.39. The van der Waals surface area contributed by atoms with Crippen LogP contribution in [0.5, 0.6) is 0 Å². The summed E-state index contributed by atoms with van der Waals surface area (Å²) in [6.45, 7) is 0. The molecule has 0 atom stereocenters. The van der Waals surface area contributed by atoms with Gasteiger partial charge in [-0.05, 0) is 37.5 Å². The summed E-state index contributed by atoms with van der Waals surface area (Å²) < 4.78 is 13.8. The van der Waals surface area contributed by atoms with E-state index in [9.17, 15) is 19.1 Å². The van der Waals surface area contributed by atoms with Crippen molar-refractivity contribution in [2.75, 3.05) is 12.4 Å². The van der Waals surface area contributed by atoms with E-state index in [0.717, 1.165) is 12.5 Å². The molecule has 7 heteroatoms. The summed E-state index contributed by atoms with van der Waals surface area (Å²) in [6.07, 6.45) is 1.80. The van der Waals surface area contributed by atoms with Crippen LogP contribution in [0.1, 0.15) is 29.6 Å². The standard InChI is InChI=1S/C13H15FN2O4/c1-15-20-11(17)9-4-3-8(7-10(9)14)16-13(12(18)19)5-2-6-13/h3-4,7,15-16H,2,5-6H2,1H3,(H,18,19). The fourth-order valence-corrected chi connectivity index (χ4v) is 2.11. The number of carbonyl (C=O) groups excluding carboxylic acids is 1. The lowest BCUT2D eigenvalue weighted by molar-refractivity contribution is -0.145. The van der Waals surface area contributed by atoms with Crippen molar-refractivity contribution >= 4 is 17.6 Å². The molecule has 1 aliphatic rings. The first-order valence-electron chi connectivity index (χ1n) is 6.17. The number of carboxylic acids is 1. The number of nitrogens with one attached hydrogen (secondary N) is 2. The number of aliphatic carboxylic acids is 1. The molecule has 0 aromatic heterocycles. The third-order valence-electron chi connectivity index (χ3n) is 3.38. The number of hydrogen-bond acceptors (Lipinski definition) is 5. The molecular formula is C13H15FN2O4. The van der Waals surface area contributed by atoms with Crippen LogP contribution >= 0.6 is 0 Å². The predicted molar refractivity (Wildman–Crippen MR) is 68.7 cm³/mol. The average Bonchev–Trinajstić information content (AvgIpc) is 2.33. The zero-order valence-electron chi connectivity index (χ0n) is 10.9. The Morgan fingerprint density at radius 2 is 2.10 bits per heavy atom. The van der Waals surface area contributed by atoms with Crippen molar-refractivity contribution in [1.82, 2.24) is 5.48 Å². The highest BCUT2D eigenvalue weighted by Crippen LogP contribution is 2.35. The summed E-state index contributed by atoms with van der Waals surface area (Å²) in [5.41, 5.74) is 1.25. The van der Waals surface area contributed by atoms with E-state index >= 15 is 0 Å². The maximum absolute atomic E-state index is 13.8. The monoisotopic (exact) mass is 282 g/mol. The van der Waals surface area contributed by atoms with E-state index < -0.39 is 23.3 Å². The van der Waals surface area contributed by atoms with Gasteiger partial charge in [-0.25, -0.2) is 14.0 Å². The maximum Gasteiger partial charge on any atom is 0.359 e. The van der Waals surface area contributed by atoms with Crippen molar-refractivity contribution in [3.63, 3.8) is 0 Å². The highest BCUT2D eigenvalue weighted by atomic mass is 19.1. The molecule has 6 nitrogen and oxygen atoms in total. The quantitative estimate of drug-likeness (QED) is 0.710. The Kier molecular flexibility index (Phi) is 3.89. The molecule has 3 N–H and O–H groups in total. The normalized spacial score (nSPS) is 16.1. The molecule has 0 bridgehead atoms. The minimum Gasteiger partial charge on any atom is -0.480 e. The van der Waals surface area contributed by atoms with Gasteiger partial charge in [0.25, 0.3) is 0 Å². The van der Waals surface area contributed by atoms with Gasteiger partial charge in [0, 0.05) is 12.7 Å². The SMILES string of the molecule is CNOC(=O)c1ccc(NC2(C(=O)O)CCC2)cc1F. The second-order valence-electron chi connectivity index (χ2n) is 4.65. The van der Waals surface area contributed by atoms with Gasteiger partial charge >= 0.3 is 11.9 Å². The highest BCUT2D eigenvalue weighted by molar-refractivity contribution is 5.90. The highest BCUT2D eigenvalue weighted by Gasteiger charge is 2.44. The number of carboxylic acid groups (broad SMARTS) is 1. The Morgan fingerprint density at radius 1 is 1.40 bits per heavy atom. The topological polar surface area (TPSA) is 87.7 Å². The van der Waals surface area contributed by atoms with Gasteiger partial charge in [-0.3, -0.25) is 0 Å². The molecule has 0 heterocycles. The fraction of sp³-hybridized carbons (Fsp3) is 0.385. The van der Waals surface area contributed by atoms with Crippen LogP contribution in [0.25, 0.3) is 0 Å². The Labute approximate surface area is 114 Å². The number of anilines is 1. The number of benzene rings is 1. The van der Waals surface area contributed by atoms with Gasteiger partial charge in [0.05, 0.1) is 5.56 Å². The van der Waals surface area contributed by atoms with E-state index in [-0.39, 0.29) is 5.56 Å². The first kappa shape index (κ1) is 14.3. The van der Waals surface area contributed by atoms with E-state index in [1.165, 1.54) is 19.2 Å². The molecule has 20 heavy (non-hydrogen) atoms. The van der Waals surface area contributed by atoms with Crippen molar-refractivity contribution in [2.45, 2.75) is 24.8 Å². The van der Waals surface area contributed by atoms with Gasteiger partial charge in [0.1, 0.15) is 11.4 Å². The van der Waals surface area contributed by atoms with Crippen LogP contribution in [-0.2, 0) is 9.63 Å². The second kappa shape index (κ2) is 5.46. The minimum absolute atomic E-state index is 0.220. The van der Waals surface area contributed by atoms with Crippen LogP contribution in [0.4, 0.5) is 10.1 Å². The second-order valence-corrected chi connectivity index (χ2v) is 4.65. The summed E-state index contributed by atoms with van der Waals surface area (Å²) in [5, 5.41) is 12.0. The van der Waals surface area contributed by atoms with Gasteiger partial charge in [0.2, 0.25) is 0 Å². The zero-order valence-corrected chi connectivity index (χ0v) is 10.9. The third kappa shape index (κ3) is 2.57. The number of hydrogen-bond donors (Lipinski definition) is 3. The molecule has 1 fully saturated rings. The summed E-state index contributed by atoms with van der Waals surface area (Å²) >= 11 is 0. The molecule has 0 radical (unpaired) electrons. The zero-order chi connectivity index (χ0) is 14.8. The number of halogens is 1. The van der Waals surface area contributed by atoms with E-state index in [1.807, 2.05) is 0 Å². The van der Waals surface area contributed by atoms with Gasteiger partial charge in [-0.2, -0.15) is 5.48 Å². The van der Waals surface area contributed by atoms with Crippen LogP contribution in [0.15, 0.2) is 18.2 Å². The van der Waals surface area contributed by atoms with Crippen molar-refractivity contribution in [2.24, 2.45) is 0 Å². The Balaban J connectivity index is 2.17. The third-order valence-corrected chi connectivity index (χ3v) is 3.38. The largest absolute Gasteiger partial charge is 0.480 e. The first-order chi connectivity index (χ1) is 9.48. The average molecular weight is 282 g/mol. The van der Waals surface area contributed by atoms with Crippen LogP contribution < -0.4 is 10.8 Å².